The average molecular weight is 346 g/mol. The highest BCUT2D eigenvalue weighted by Gasteiger charge is 2.31. The molecule has 2 fully saturated rings. The van der Waals surface area contributed by atoms with Crippen molar-refractivity contribution in [1.29, 1.82) is 0 Å². The maximum atomic E-state index is 14.1. The topological polar surface area (TPSA) is 34.0 Å². The van der Waals surface area contributed by atoms with E-state index in [2.05, 4.69) is 19.7 Å². The lowest BCUT2D eigenvalue weighted by Gasteiger charge is -2.28. The Labute approximate surface area is 146 Å². The molecule has 4 rings (SSSR count). The first-order chi connectivity index (χ1) is 12.1. The van der Waals surface area contributed by atoms with Crippen molar-refractivity contribution in [3.63, 3.8) is 0 Å². The van der Waals surface area contributed by atoms with Crippen LogP contribution in [0.1, 0.15) is 61.7 Å². The molecule has 25 heavy (non-hydrogen) atoms. The molecule has 4 nitrogen and oxygen atoms in total. The van der Waals surface area contributed by atoms with Gasteiger partial charge in [0.1, 0.15) is 23.3 Å². The average Bonchev–Trinajstić information content (AvgIpc) is 3.15. The number of hydrogen-bond acceptors (Lipinski definition) is 3. The molecule has 0 amide bonds. The molecule has 2 saturated carbocycles. The Kier molecular flexibility index (Phi) is 4.54. The highest BCUT2D eigenvalue weighted by molar-refractivity contribution is 5.20. The van der Waals surface area contributed by atoms with E-state index < -0.39 is 11.6 Å². The summed E-state index contributed by atoms with van der Waals surface area (Å²) < 4.78 is 30.3. The summed E-state index contributed by atoms with van der Waals surface area (Å²) in [6, 6.07) is 4.43. The van der Waals surface area contributed by atoms with Crippen molar-refractivity contribution in [2.75, 3.05) is 0 Å². The van der Waals surface area contributed by atoms with Gasteiger partial charge in [-0.15, -0.1) is 10.2 Å². The van der Waals surface area contributed by atoms with Crippen molar-refractivity contribution in [2.45, 2.75) is 63.6 Å². The fraction of sp³-hybridized carbons (Fsp3) is 0.579. The summed E-state index contributed by atoms with van der Waals surface area (Å²) in [4.78, 5) is 2.18. The number of halogens is 2. The molecule has 0 aliphatic heterocycles. The second kappa shape index (κ2) is 6.83. The number of hydrogen-bond donors (Lipinski definition) is 0. The quantitative estimate of drug-likeness (QED) is 0.795. The third-order valence-electron chi connectivity index (χ3n) is 5.55. The van der Waals surface area contributed by atoms with Gasteiger partial charge < -0.3 is 4.57 Å². The highest BCUT2D eigenvalue weighted by atomic mass is 19.1. The molecule has 0 atom stereocenters. The zero-order valence-corrected chi connectivity index (χ0v) is 14.6. The Morgan fingerprint density at radius 3 is 2.36 bits per heavy atom. The van der Waals surface area contributed by atoms with Gasteiger partial charge in [0.25, 0.3) is 0 Å². The lowest BCUT2D eigenvalue weighted by molar-refractivity contribution is 0.169. The van der Waals surface area contributed by atoms with Gasteiger partial charge in [0.15, 0.2) is 0 Å². The van der Waals surface area contributed by atoms with Crippen molar-refractivity contribution in [1.82, 2.24) is 19.7 Å². The molecule has 1 heterocycles. The minimum atomic E-state index is -0.473. The van der Waals surface area contributed by atoms with Gasteiger partial charge in [0, 0.05) is 31.1 Å². The minimum Gasteiger partial charge on any atom is -0.317 e. The number of benzene rings is 1. The SMILES string of the molecule is Cn1c(CN(Cc2c(F)cccc2F)C2CCCC2)nnc1C1CC1. The van der Waals surface area contributed by atoms with Crippen LogP contribution < -0.4 is 0 Å². The van der Waals surface area contributed by atoms with E-state index in [1.165, 1.54) is 43.9 Å². The molecule has 2 aliphatic carbocycles. The van der Waals surface area contributed by atoms with E-state index >= 15 is 0 Å². The number of rotatable bonds is 6. The van der Waals surface area contributed by atoms with E-state index in [0.717, 1.165) is 24.5 Å². The smallest absolute Gasteiger partial charge is 0.146 e. The molecule has 0 bridgehead atoms. The summed E-state index contributed by atoms with van der Waals surface area (Å²) in [7, 11) is 2.00. The Morgan fingerprint density at radius 1 is 1.04 bits per heavy atom. The predicted octanol–water partition coefficient (Wildman–Crippen LogP) is 3.92. The molecular formula is C19H24F2N4. The van der Waals surface area contributed by atoms with Crippen LogP contribution in [-0.2, 0) is 20.1 Å². The monoisotopic (exact) mass is 346 g/mol. The van der Waals surface area contributed by atoms with Crippen LogP contribution in [0.5, 0.6) is 0 Å². The van der Waals surface area contributed by atoms with Crippen LogP contribution in [0, 0.1) is 11.6 Å². The van der Waals surface area contributed by atoms with Crippen LogP contribution in [0.25, 0.3) is 0 Å². The van der Waals surface area contributed by atoms with Gasteiger partial charge in [0.2, 0.25) is 0 Å². The second-order valence-electron chi connectivity index (χ2n) is 7.35. The standard InChI is InChI=1S/C19H24F2N4/c1-24-18(22-23-19(24)13-9-10-13)12-25(14-5-2-3-6-14)11-15-16(20)7-4-8-17(15)21/h4,7-8,13-14H,2-3,5-6,9-12H2,1H3. The summed E-state index contributed by atoms with van der Waals surface area (Å²) in [5, 5.41) is 8.70. The van der Waals surface area contributed by atoms with E-state index in [-0.39, 0.29) is 12.1 Å². The summed E-state index contributed by atoms with van der Waals surface area (Å²) in [5.41, 5.74) is 0.152. The molecule has 1 aromatic carbocycles. The van der Waals surface area contributed by atoms with Crippen LogP contribution in [0.4, 0.5) is 8.78 Å². The molecule has 134 valence electrons. The van der Waals surface area contributed by atoms with Crippen molar-refractivity contribution in [2.24, 2.45) is 7.05 Å². The Morgan fingerprint density at radius 2 is 1.72 bits per heavy atom. The second-order valence-corrected chi connectivity index (χ2v) is 7.35. The van der Waals surface area contributed by atoms with Crippen molar-refractivity contribution < 1.29 is 8.78 Å². The van der Waals surface area contributed by atoms with Crippen LogP contribution in [-0.4, -0.2) is 25.7 Å². The van der Waals surface area contributed by atoms with Crippen molar-refractivity contribution in [3.05, 3.63) is 47.0 Å². The molecule has 0 spiro atoms. The lowest BCUT2D eigenvalue weighted by atomic mass is 10.1. The van der Waals surface area contributed by atoms with E-state index in [0.29, 0.717) is 18.5 Å². The molecule has 1 aromatic heterocycles. The van der Waals surface area contributed by atoms with Gasteiger partial charge in [-0.25, -0.2) is 8.78 Å². The lowest BCUT2D eigenvalue weighted by Crippen LogP contribution is -2.34. The van der Waals surface area contributed by atoms with Gasteiger partial charge in [-0.2, -0.15) is 0 Å². The van der Waals surface area contributed by atoms with E-state index in [4.69, 9.17) is 0 Å². The Hall–Kier alpha value is -1.82. The van der Waals surface area contributed by atoms with Crippen molar-refractivity contribution >= 4 is 0 Å². The first-order valence-corrected chi connectivity index (χ1v) is 9.18. The molecule has 0 saturated heterocycles. The number of aromatic nitrogens is 3. The molecule has 6 heteroatoms. The third kappa shape index (κ3) is 3.45. The van der Waals surface area contributed by atoms with Crippen LogP contribution >= 0.6 is 0 Å². The molecule has 2 aliphatic rings. The van der Waals surface area contributed by atoms with Gasteiger partial charge >= 0.3 is 0 Å². The minimum absolute atomic E-state index is 0.152. The zero-order valence-electron chi connectivity index (χ0n) is 14.6. The Bertz CT molecular complexity index is 728. The summed E-state index contributed by atoms with van der Waals surface area (Å²) in [6.07, 6.45) is 6.85. The zero-order chi connectivity index (χ0) is 17.4. The van der Waals surface area contributed by atoms with Gasteiger partial charge in [-0.05, 0) is 37.8 Å². The van der Waals surface area contributed by atoms with Crippen molar-refractivity contribution in [3.8, 4) is 0 Å². The van der Waals surface area contributed by atoms with Gasteiger partial charge in [-0.3, -0.25) is 4.90 Å². The van der Waals surface area contributed by atoms with Crippen LogP contribution in [0.2, 0.25) is 0 Å². The first-order valence-electron chi connectivity index (χ1n) is 9.18. The van der Waals surface area contributed by atoms with Gasteiger partial charge in [-0.1, -0.05) is 18.9 Å². The normalized spacial score (nSPS) is 18.4. The molecule has 0 N–H and O–H groups in total. The molecule has 0 radical (unpaired) electrons. The molecule has 2 aromatic rings. The summed E-state index contributed by atoms with van der Waals surface area (Å²) in [6.45, 7) is 0.851. The summed E-state index contributed by atoms with van der Waals surface area (Å²) >= 11 is 0. The van der Waals surface area contributed by atoms with E-state index in [1.54, 1.807) is 0 Å². The fourth-order valence-electron chi connectivity index (χ4n) is 3.86. The number of nitrogens with zero attached hydrogens (tertiary/aromatic N) is 4. The first kappa shape index (κ1) is 16.6. The molecular weight excluding hydrogens is 322 g/mol. The largest absolute Gasteiger partial charge is 0.317 e. The third-order valence-corrected chi connectivity index (χ3v) is 5.55. The summed E-state index contributed by atoms with van der Waals surface area (Å²) in [5.74, 6) is 1.51. The highest BCUT2D eigenvalue weighted by Crippen LogP contribution is 2.39. The Balaban J connectivity index is 1.58. The molecule has 0 unspecified atom stereocenters. The maximum Gasteiger partial charge on any atom is 0.146 e. The van der Waals surface area contributed by atoms with Crippen LogP contribution in [0.15, 0.2) is 18.2 Å². The van der Waals surface area contributed by atoms with Gasteiger partial charge in [0.05, 0.1) is 6.54 Å². The van der Waals surface area contributed by atoms with Crippen LogP contribution in [0.3, 0.4) is 0 Å². The predicted molar refractivity (Wildman–Crippen MR) is 90.8 cm³/mol. The van der Waals surface area contributed by atoms with E-state index in [1.807, 2.05) is 7.05 Å². The maximum absolute atomic E-state index is 14.1. The fourth-order valence-corrected chi connectivity index (χ4v) is 3.86. The van der Waals surface area contributed by atoms with E-state index in [9.17, 15) is 8.78 Å².